The van der Waals surface area contributed by atoms with Gasteiger partial charge in [-0.2, -0.15) is 0 Å². The molecular formula is C16H21NO3. The largest absolute Gasteiger partial charge is 0.481 e. The molecule has 0 saturated carbocycles. The maximum Gasteiger partial charge on any atom is 0.306 e. The Morgan fingerprint density at radius 3 is 2.75 bits per heavy atom. The predicted molar refractivity (Wildman–Crippen MR) is 76.4 cm³/mol. The molecule has 4 nitrogen and oxygen atoms in total. The molecule has 4 heteroatoms. The molecule has 2 rings (SSSR count). The van der Waals surface area contributed by atoms with E-state index in [9.17, 15) is 9.59 Å². The molecule has 0 heterocycles. The summed E-state index contributed by atoms with van der Waals surface area (Å²) < 4.78 is 0. The van der Waals surface area contributed by atoms with Gasteiger partial charge in [-0.25, -0.2) is 0 Å². The van der Waals surface area contributed by atoms with Gasteiger partial charge < -0.3 is 10.4 Å². The van der Waals surface area contributed by atoms with Gasteiger partial charge in [0.25, 0.3) is 0 Å². The molecule has 0 bridgehead atoms. The molecule has 1 aliphatic carbocycles. The average Bonchev–Trinajstić information content (AvgIpc) is 2.46. The number of carboxylic acids is 1. The Labute approximate surface area is 119 Å². The van der Waals surface area contributed by atoms with Gasteiger partial charge in [-0.15, -0.1) is 0 Å². The van der Waals surface area contributed by atoms with Crippen LogP contribution < -0.4 is 5.32 Å². The van der Waals surface area contributed by atoms with E-state index in [1.807, 2.05) is 12.1 Å². The Morgan fingerprint density at radius 2 is 2.05 bits per heavy atom. The highest BCUT2D eigenvalue weighted by molar-refractivity contribution is 5.79. The van der Waals surface area contributed by atoms with Crippen molar-refractivity contribution in [2.24, 2.45) is 11.8 Å². The number of carbonyl (C=O) groups excluding carboxylic acids is 1. The van der Waals surface area contributed by atoms with Crippen molar-refractivity contribution in [1.82, 2.24) is 5.32 Å². The number of hydrogen-bond donors (Lipinski definition) is 2. The van der Waals surface area contributed by atoms with Gasteiger partial charge >= 0.3 is 5.97 Å². The Morgan fingerprint density at radius 1 is 1.35 bits per heavy atom. The molecular weight excluding hydrogens is 254 g/mol. The summed E-state index contributed by atoms with van der Waals surface area (Å²) in [6.07, 6.45) is 3.08. The lowest BCUT2D eigenvalue weighted by molar-refractivity contribution is -0.141. The third-order valence-electron chi connectivity index (χ3n) is 4.02. The summed E-state index contributed by atoms with van der Waals surface area (Å²) in [4.78, 5) is 22.8. The monoisotopic (exact) mass is 275 g/mol. The van der Waals surface area contributed by atoms with Crippen LogP contribution in [0.5, 0.6) is 0 Å². The van der Waals surface area contributed by atoms with Crippen molar-refractivity contribution in [3.8, 4) is 0 Å². The van der Waals surface area contributed by atoms with E-state index in [2.05, 4.69) is 17.4 Å². The van der Waals surface area contributed by atoms with Crippen molar-refractivity contribution in [2.45, 2.75) is 32.6 Å². The Hall–Kier alpha value is -1.84. The number of nitrogens with one attached hydrogen (secondary N) is 1. The molecule has 0 aliphatic heterocycles. The number of fused-ring (bicyclic) bond motifs is 1. The first-order valence-electron chi connectivity index (χ1n) is 7.15. The lowest BCUT2D eigenvalue weighted by Gasteiger charge is -2.23. The molecule has 1 aliphatic rings. The first-order chi connectivity index (χ1) is 9.58. The summed E-state index contributed by atoms with van der Waals surface area (Å²) in [5, 5.41) is 11.7. The number of benzene rings is 1. The van der Waals surface area contributed by atoms with Crippen LogP contribution in [0.3, 0.4) is 0 Å². The fourth-order valence-corrected chi connectivity index (χ4v) is 2.60. The molecule has 0 fully saturated rings. The van der Waals surface area contributed by atoms with Crippen molar-refractivity contribution in [3.05, 3.63) is 35.4 Å². The summed E-state index contributed by atoms with van der Waals surface area (Å²) in [7, 11) is 0. The minimum absolute atomic E-state index is 0.0186. The molecule has 2 unspecified atom stereocenters. The molecule has 0 radical (unpaired) electrons. The van der Waals surface area contributed by atoms with Crippen molar-refractivity contribution in [1.29, 1.82) is 0 Å². The van der Waals surface area contributed by atoms with Gasteiger partial charge in [-0.1, -0.05) is 31.2 Å². The smallest absolute Gasteiger partial charge is 0.306 e. The van der Waals surface area contributed by atoms with E-state index in [4.69, 9.17) is 5.11 Å². The number of rotatable bonds is 5. The van der Waals surface area contributed by atoms with Crippen LogP contribution in [0, 0.1) is 11.8 Å². The SMILES string of the molecule is CC(CCNC(=O)C1CCc2ccccc2C1)C(=O)O. The summed E-state index contributed by atoms with van der Waals surface area (Å²) in [5.74, 6) is -1.16. The van der Waals surface area contributed by atoms with E-state index in [0.717, 1.165) is 19.3 Å². The number of amides is 1. The fraction of sp³-hybridized carbons (Fsp3) is 0.500. The van der Waals surface area contributed by atoms with E-state index >= 15 is 0 Å². The Kier molecular flexibility index (Phi) is 4.77. The molecule has 1 aromatic carbocycles. The first kappa shape index (κ1) is 14.6. The van der Waals surface area contributed by atoms with Gasteiger partial charge in [0.2, 0.25) is 5.91 Å². The van der Waals surface area contributed by atoms with Gasteiger partial charge in [0.1, 0.15) is 0 Å². The fourth-order valence-electron chi connectivity index (χ4n) is 2.60. The summed E-state index contributed by atoms with van der Waals surface area (Å²) in [6, 6.07) is 8.25. The number of aliphatic carboxylic acids is 1. The van der Waals surface area contributed by atoms with Crippen molar-refractivity contribution >= 4 is 11.9 Å². The van der Waals surface area contributed by atoms with Crippen LogP contribution in [0.2, 0.25) is 0 Å². The van der Waals surface area contributed by atoms with Crippen LogP contribution >= 0.6 is 0 Å². The second-order valence-electron chi connectivity index (χ2n) is 5.53. The van der Waals surface area contributed by atoms with Crippen molar-refractivity contribution < 1.29 is 14.7 Å². The standard InChI is InChI=1S/C16H21NO3/c1-11(16(19)20)8-9-17-15(18)14-7-6-12-4-2-3-5-13(12)10-14/h2-5,11,14H,6-10H2,1H3,(H,17,18)(H,19,20). The lowest BCUT2D eigenvalue weighted by atomic mass is 9.83. The van der Waals surface area contributed by atoms with E-state index in [-0.39, 0.29) is 11.8 Å². The van der Waals surface area contributed by atoms with Crippen LogP contribution in [0.25, 0.3) is 0 Å². The summed E-state index contributed by atoms with van der Waals surface area (Å²) in [6.45, 7) is 2.09. The number of carboxylic acid groups (broad SMARTS) is 1. The highest BCUT2D eigenvalue weighted by Gasteiger charge is 2.24. The van der Waals surface area contributed by atoms with Crippen LogP contribution in [0.15, 0.2) is 24.3 Å². The maximum atomic E-state index is 12.1. The molecule has 2 atom stereocenters. The quantitative estimate of drug-likeness (QED) is 0.864. The van der Waals surface area contributed by atoms with Crippen LogP contribution in [-0.2, 0) is 22.4 Å². The number of carbonyl (C=O) groups is 2. The molecule has 0 spiro atoms. The lowest BCUT2D eigenvalue weighted by Crippen LogP contribution is -2.35. The van der Waals surface area contributed by atoms with Crippen LogP contribution in [-0.4, -0.2) is 23.5 Å². The zero-order chi connectivity index (χ0) is 14.5. The normalized spacial score (nSPS) is 18.9. The van der Waals surface area contributed by atoms with E-state index in [1.54, 1.807) is 6.92 Å². The van der Waals surface area contributed by atoms with E-state index < -0.39 is 11.9 Å². The zero-order valence-corrected chi connectivity index (χ0v) is 11.8. The molecule has 1 aromatic rings. The third kappa shape index (κ3) is 3.59. The molecule has 108 valence electrons. The average molecular weight is 275 g/mol. The van der Waals surface area contributed by atoms with Gasteiger partial charge in [0.05, 0.1) is 5.92 Å². The topological polar surface area (TPSA) is 66.4 Å². The first-order valence-corrected chi connectivity index (χ1v) is 7.15. The molecule has 2 N–H and O–H groups in total. The van der Waals surface area contributed by atoms with Gasteiger partial charge in [-0.05, 0) is 36.8 Å². The number of aryl methyl sites for hydroxylation is 1. The second kappa shape index (κ2) is 6.55. The van der Waals surface area contributed by atoms with Gasteiger partial charge in [0, 0.05) is 12.5 Å². The van der Waals surface area contributed by atoms with E-state index in [0.29, 0.717) is 13.0 Å². The molecule has 1 amide bonds. The third-order valence-corrected chi connectivity index (χ3v) is 4.02. The Bertz CT molecular complexity index is 498. The molecule has 20 heavy (non-hydrogen) atoms. The predicted octanol–water partition coefficient (Wildman–Crippen LogP) is 2.02. The van der Waals surface area contributed by atoms with Gasteiger partial charge in [-0.3, -0.25) is 9.59 Å². The van der Waals surface area contributed by atoms with Crippen LogP contribution in [0.4, 0.5) is 0 Å². The minimum atomic E-state index is -0.814. The van der Waals surface area contributed by atoms with Gasteiger partial charge in [0.15, 0.2) is 0 Å². The summed E-state index contributed by atoms with van der Waals surface area (Å²) >= 11 is 0. The zero-order valence-electron chi connectivity index (χ0n) is 11.8. The summed E-state index contributed by atoms with van der Waals surface area (Å²) in [5.41, 5.74) is 2.61. The molecule has 0 saturated heterocycles. The van der Waals surface area contributed by atoms with Crippen LogP contribution in [0.1, 0.15) is 30.9 Å². The molecule has 0 aromatic heterocycles. The van der Waals surface area contributed by atoms with E-state index in [1.165, 1.54) is 11.1 Å². The minimum Gasteiger partial charge on any atom is -0.481 e. The van der Waals surface area contributed by atoms with Crippen molar-refractivity contribution in [2.75, 3.05) is 6.54 Å². The maximum absolute atomic E-state index is 12.1. The van der Waals surface area contributed by atoms with Crippen molar-refractivity contribution in [3.63, 3.8) is 0 Å². The highest BCUT2D eigenvalue weighted by atomic mass is 16.4. The Balaban J connectivity index is 1.81. The number of hydrogen-bond acceptors (Lipinski definition) is 2. The second-order valence-corrected chi connectivity index (χ2v) is 5.53. The highest BCUT2D eigenvalue weighted by Crippen LogP contribution is 2.25.